The summed E-state index contributed by atoms with van der Waals surface area (Å²) in [5.41, 5.74) is 4.40. The van der Waals surface area contributed by atoms with E-state index in [0.29, 0.717) is 0 Å². The summed E-state index contributed by atoms with van der Waals surface area (Å²) in [5.74, 6) is -0.542. The highest BCUT2D eigenvalue weighted by Gasteiger charge is 2.35. The van der Waals surface area contributed by atoms with Gasteiger partial charge in [0.15, 0.2) is 15.5 Å². The molecule has 0 saturated heterocycles. The second kappa shape index (κ2) is 11.7. The molecule has 2 aromatic rings. The zero-order chi connectivity index (χ0) is 25.8. The summed E-state index contributed by atoms with van der Waals surface area (Å²) in [4.78, 5) is 17.1. The summed E-state index contributed by atoms with van der Waals surface area (Å²) in [5, 5.41) is 35.1. The molecule has 4 rings (SSSR count). The lowest BCUT2D eigenvalue weighted by Crippen LogP contribution is -2.37. The number of nitrogens with two attached hydrogens (primary N) is 1. The molecular formula is C24H33N3O7S2. The van der Waals surface area contributed by atoms with Crippen LogP contribution >= 0.6 is 11.3 Å². The van der Waals surface area contributed by atoms with Crippen molar-refractivity contribution in [1.29, 1.82) is 0 Å². The molecular weight excluding hydrogens is 506 g/mol. The Bertz CT molecular complexity index is 1180. The second-order valence-corrected chi connectivity index (χ2v) is 12.2. The molecule has 0 fully saturated rings. The number of fused-ring (bicyclic) bond motifs is 2. The number of aromatic nitrogens is 1. The van der Waals surface area contributed by atoms with Crippen LogP contribution in [0.3, 0.4) is 0 Å². The number of aryl methyl sites for hydroxylation is 2. The van der Waals surface area contributed by atoms with Crippen LogP contribution in [0.5, 0.6) is 0 Å². The molecule has 1 heterocycles. The molecule has 1 aromatic heterocycles. The molecule has 0 bridgehead atoms. The van der Waals surface area contributed by atoms with E-state index in [-0.39, 0.29) is 55.3 Å². The predicted octanol–water partition coefficient (Wildman–Crippen LogP) is 0.796. The van der Waals surface area contributed by atoms with Crippen molar-refractivity contribution in [3.05, 3.63) is 45.1 Å². The van der Waals surface area contributed by atoms with E-state index in [9.17, 15) is 14.1 Å². The Morgan fingerprint density at radius 1 is 1.08 bits per heavy atom. The van der Waals surface area contributed by atoms with Gasteiger partial charge in [-0.15, -0.1) is 15.7 Å². The number of amides is 1. The lowest BCUT2D eigenvalue weighted by molar-refractivity contribution is -0.117. The summed E-state index contributed by atoms with van der Waals surface area (Å²) in [6, 6.07) is 2.29. The van der Waals surface area contributed by atoms with Crippen molar-refractivity contribution in [1.82, 2.24) is 4.98 Å². The molecule has 0 spiro atoms. The number of thiazole rings is 1. The van der Waals surface area contributed by atoms with Crippen LogP contribution in [0.2, 0.25) is 0 Å². The van der Waals surface area contributed by atoms with Gasteiger partial charge in [-0.05, 0) is 66.3 Å². The normalized spacial score (nSPS) is 16.6. The van der Waals surface area contributed by atoms with E-state index in [4.69, 9.17) is 24.8 Å². The molecule has 0 saturated carbocycles. The SMILES string of the molecule is NS(=O)(=NC(=O)Cc1c2c(cc3c1CCC3)CCC2)c1cnc(C(O)(COCCO)COCCO)s1. The van der Waals surface area contributed by atoms with E-state index in [0.717, 1.165) is 55.4 Å². The molecule has 1 aromatic carbocycles. The van der Waals surface area contributed by atoms with Crippen LogP contribution in [0.1, 0.15) is 45.7 Å². The van der Waals surface area contributed by atoms with Crippen molar-refractivity contribution in [3.8, 4) is 0 Å². The first kappa shape index (κ1) is 27.3. The van der Waals surface area contributed by atoms with Crippen molar-refractivity contribution < 1.29 is 33.8 Å². The van der Waals surface area contributed by atoms with E-state index in [1.165, 1.54) is 28.5 Å². The van der Waals surface area contributed by atoms with Gasteiger partial charge in [-0.2, -0.15) is 0 Å². The zero-order valence-corrected chi connectivity index (χ0v) is 21.7. The van der Waals surface area contributed by atoms with Gasteiger partial charge in [0.25, 0.3) is 5.91 Å². The lowest BCUT2D eigenvalue weighted by Gasteiger charge is -2.25. The minimum absolute atomic E-state index is 0.00903. The van der Waals surface area contributed by atoms with Crippen LogP contribution in [-0.4, -0.2) is 70.1 Å². The third-order valence-electron chi connectivity index (χ3n) is 6.49. The Kier molecular flexibility index (Phi) is 8.89. The molecule has 36 heavy (non-hydrogen) atoms. The van der Waals surface area contributed by atoms with Gasteiger partial charge in [0.1, 0.15) is 9.22 Å². The minimum atomic E-state index is -3.59. The van der Waals surface area contributed by atoms with Gasteiger partial charge in [-0.25, -0.2) is 14.3 Å². The van der Waals surface area contributed by atoms with Crippen LogP contribution in [0.15, 0.2) is 20.8 Å². The predicted molar refractivity (Wildman–Crippen MR) is 134 cm³/mol. The third-order valence-corrected chi connectivity index (χ3v) is 9.60. The van der Waals surface area contributed by atoms with Crippen molar-refractivity contribution in [2.45, 2.75) is 54.8 Å². The highest BCUT2D eigenvalue weighted by atomic mass is 32.2. The van der Waals surface area contributed by atoms with Crippen molar-refractivity contribution in [3.63, 3.8) is 0 Å². The monoisotopic (exact) mass is 539 g/mol. The molecule has 2 aliphatic carbocycles. The Morgan fingerprint density at radius 3 is 2.22 bits per heavy atom. The number of carbonyl (C=O) groups excluding carboxylic acids is 1. The number of hydrogen-bond acceptors (Lipinski definition) is 9. The second-order valence-electron chi connectivity index (χ2n) is 9.14. The van der Waals surface area contributed by atoms with Crippen LogP contribution in [0, 0.1) is 0 Å². The fraction of sp³-hybridized carbons (Fsp3) is 0.583. The number of nitrogens with zero attached hydrogens (tertiary/aromatic N) is 2. The first-order chi connectivity index (χ1) is 17.3. The van der Waals surface area contributed by atoms with Gasteiger partial charge in [0.2, 0.25) is 0 Å². The number of aliphatic hydroxyl groups excluding tert-OH is 2. The summed E-state index contributed by atoms with van der Waals surface area (Å²) in [7, 11) is -3.59. The number of hydrogen-bond donors (Lipinski definition) is 4. The summed E-state index contributed by atoms with van der Waals surface area (Å²) < 4.78 is 27.8. The molecule has 1 unspecified atom stereocenters. The largest absolute Gasteiger partial charge is 0.394 e. The summed E-state index contributed by atoms with van der Waals surface area (Å²) in [6.07, 6.45) is 7.37. The van der Waals surface area contributed by atoms with Crippen LogP contribution in [0.25, 0.3) is 0 Å². The maximum atomic E-state index is 13.3. The first-order valence-electron chi connectivity index (χ1n) is 12.1. The number of aliphatic hydroxyl groups is 3. The Hall–Kier alpha value is -1.77. The van der Waals surface area contributed by atoms with Gasteiger partial charge in [0, 0.05) is 0 Å². The highest BCUT2D eigenvalue weighted by Crippen LogP contribution is 2.36. The quantitative estimate of drug-likeness (QED) is 0.288. The van der Waals surface area contributed by atoms with Crippen molar-refractivity contribution >= 4 is 27.2 Å². The molecule has 2 aliphatic rings. The average molecular weight is 540 g/mol. The van der Waals surface area contributed by atoms with E-state index in [1.807, 2.05) is 0 Å². The van der Waals surface area contributed by atoms with E-state index in [2.05, 4.69) is 15.4 Å². The van der Waals surface area contributed by atoms with E-state index in [1.54, 1.807) is 0 Å². The van der Waals surface area contributed by atoms with Gasteiger partial charge in [-0.1, -0.05) is 6.07 Å². The molecule has 10 nitrogen and oxygen atoms in total. The van der Waals surface area contributed by atoms with Gasteiger partial charge in [0.05, 0.1) is 52.3 Å². The fourth-order valence-corrected chi connectivity index (χ4v) is 7.11. The maximum Gasteiger partial charge on any atom is 0.259 e. The number of ether oxygens (including phenoxy) is 2. The van der Waals surface area contributed by atoms with E-state index >= 15 is 0 Å². The van der Waals surface area contributed by atoms with Gasteiger partial charge >= 0.3 is 0 Å². The molecule has 5 N–H and O–H groups in total. The standard InChI is InChI=1S/C24H33N3O7S2/c25-36(32,22-13-26-23(35-22)24(31,14-33-9-7-28)15-34-10-8-29)27-21(30)12-20-18-5-1-3-16(18)11-17-4-2-6-19(17)20/h11,13,28-29,31H,1-10,12,14-15H2,(H2,25,27,30,32). The maximum absolute atomic E-state index is 13.3. The lowest BCUT2D eigenvalue weighted by atomic mass is 9.92. The molecule has 1 amide bonds. The molecule has 1 atom stereocenters. The van der Waals surface area contributed by atoms with Crippen molar-refractivity contribution in [2.24, 2.45) is 9.50 Å². The topological polar surface area (TPSA) is 165 Å². The van der Waals surface area contributed by atoms with Crippen LogP contribution in [0.4, 0.5) is 0 Å². The number of rotatable bonds is 12. The van der Waals surface area contributed by atoms with Crippen molar-refractivity contribution in [2.75, 3.05) is 39.6 Å². The Labute approximate surface area is 214 Å². The van der Waals surface area contributed by atoms with E-state index < -0.39 is 21.4 Å². The smallest absolute Gasteiger partial charge is 0.259 e. The fourth-order valence-electron chi connectivity index (χ4n) is 4.91. The Balaban J connectivity index is 1.56. The van der Waals surface area contributed by atoms with Gasteiger partial charge in [-0.3, -0.25) is 4.79 Å². The molecule has 198 valence electrons. The number of carbonyl (C=O) groups is 1. The first-order valence-corrected chi connectivity index (χ1v) is 14.5. The number of benzene rings is 1. The summed E-state index contributed by atoms with van der Waals surface area (Å²) in [6.45, 7) is -0.990. The zero-order valence-electron chi connectivity index (χ0n) is 20.1. The molecule has 0 aliphatic heterocycles. The van der Waals surface area contributed by atoms with Gasteiger partial charge < -0.3 is 24.8 Å². The van der Waals surface area contributed by atoms with Crippen LogP contribution in [-0.2, 0) is 61.9 Å². The summed E-state index contributed by atoms with van der Waals surface area (Å²) >= 11 is 0.859. The van der Waals surface area contributed by atoms with Crippen LogP contribution < -0.4 is 5.14 Å². The highest BCUT2D eigenvalue weighted by molar-refractivity contribution is 7.93. The average Bonchev–Trinajstić information content (AvgIpc) is 3.59. The molecule has 12 heteroatoms. The molecule has 0 radical (unpaired) electrons. The Morgan fingerprint density at radius 2 is 1.67 bits per heavy atom. The third kappa shape index (κ3) is 6.03. The minimum Gasteiger partial charge on any atom is -0.394 e.